The van der Waals surface area contributed by atoms with E-state index in [4.69, 9.17) is 9.47 Å². The second-order valence-electron chi connectivity index (χ2n) is 5.21. The van der Waals surface area contributed by atoms with Crippen LogP contribution in [0, 0.1) is 0 Å². The number of fused-ring (bicyclic) bond motifs is 1. The van der Waals surface area contributed by atoms with Crippen molar-refractivity contribution in [2.75, 3.05) is 19.0 Å². The van der Waals surface area contributed by atoms with Gasteiger partial charge in [0.1, 0.15) is 6.33 Å². The molecular weight excluding hydrogens is 402 g/mol. The number of ether oxygens (including phenoxy) is 2. The second-order valence-corrected chi connectivity index (χ2v) is 6.13. The van der Waals surface area contributed by atoms with Crippen molar-refractivity contribution in [1.29, 1.82) is 0 Å². The Morgan fingerprint density at radius 1 is 1.15 bits per heavy atom. The van der Waals surface area contributed by atoms with Crippen LogP contribution >= 0.6 is 15.9 Å². The minimum atomic E-state index is -0.534. The van der Waals surface area contributed by atoms with Gasteiger partial charge in [0.2, 0.25) is 5.88 Å². The number of methoxy groups -OCH3 is 1. The van der Waals surface area contributed by atoms with Crippen LogP contribution in [-0.4, -0.2) is 35.6 Å². The van der Waals surface area contributed by atoms with Crippen LogP contribution in [0.1, 0.15) is 10.4 Å². The maximum atomic E-state index is 12.2. The summed E-state index contributed by atoms with van der Waals surface area (Å²) in [4.78, 5) is 32.2. The van der Waals surface area contributed by atoms with Crippen molar-refractivity contribution in [1.82, 2.24) is 9.97 Å². The number of rotatable bonds is 5. The minimum Gasteiger partial charge on any atom is -0.467 e. The summed E-state index contributed by atoms with van der Waals surface area (Å²) in [6.07, 6.45) is 1.37. The molecule has 0 saturated heterocycles. The fourth-order valence-electron chi connectivity index (χ4n) is 2.32. The predicted molar refractivity (Wildman–Crippen MR) is 99.1 cm³/mol. The van der Waals surface area contributed by atoms with Crippen LogP contribution in [0.15, 0.2) is 53.3 Å². The van der Waals surface area contributed by atoms with Crippen LogP contribution < -0.4 is 10.1 Å². The van der Waals surface area contributed by atoms with Crippen LogP contribution in [0.3, 0.4) is 0 Å². The molecule has 0 saturated carbocycles. The number of esters is 1. The van der Waals surface area contributed by atoms with Crippen molar-refractivity contribution < 1.29 is 19.1 Å². The molecule has 26 heavy (non-hydrogen) atoms. The van der Waals surface area contributed by atoms with E-state index in [0.717, 1.165) is 4.47 Å². The number of halogens is 1. The fraction of sp³-hybridized carbons (Fsp3) is 0.111. The summed E-state index contributed by atoms with van der Waals surface area (Å²) in [6, 6.07) is 12.1. The molecule has 0 fully saturated rings. The van der Waals surface area contributed by atoms with Crippen LogP contribution in [0.2, 0.25) is 0 Å². The summed E-state index contributed by atoms with van der Waals surface area (Å²) in [7, 11) is 1.28. The average molecular weight is 416 g/mol. The number of benzene rings is 2. The Morgan fingerprint density at radius 2 is 1.96 bits per heavy atom. The molecule has 0 aliphatic heterocycles. The molecule has 1 N–H and O–H groups in total. The van der Waals surface area contributed by atoms with Gasteiger partial charge in [0.05, 0.1) is 29.3 Å². The first-order chi connectivity index (χ1) is 12.6. The maximum Gasteiger partial charge on any atom is 0.339 e. The number of carbonyl (C=O) groups is 2. The van der Waals surface area contributed by atoms with Crippen molar-refractivity contribution in [2.45, 2.75) is 0 Å². The van der Waals surface area contributed by atoms with E-state index in [2.05, 4.69) is 31.2 Å². The van der Waals surface area contributed by atoms with Gasteiger partial charge in [-0.1, -0.05) is 28.1 Å². The lowest BCUT2D eigenvalue weighted by Gasteiger charge is -2.11. The summed E-state index contributed by atoms with van der Waals surface area (Å²) in [5.74, 6) is -0.663. The SMILES string of the molecule is COC(=O)c1ccccc1NC(=O)COc1ncnc2ccc(Br)cc12. The second kappa shape index (κ2) is 7.92. The molecule has 0 spiro atoms. The zero-order valence-corrected chi connectivity index (χ0v) is 15.3. The van der Waals surface area contributed by atoms with Gasteiger partial charge in [-0.25, -0.2) is 14.8 Å². The van der Waals surface area contributed by atoms with E-state index >= 15 is 0 Å². The van der Waals surface area contributed by atoms with E-state index < -0.39 is 11.9 Å². The first kappa shape index (κ1) is 17.8. The van der Waals surface area contributed by atoms with Gasteiger partial charge in [-0.15, -0.1) is 0 Å². The van der Waals surface area contributed by atoms with Crippen LogP contribution in [0.25, 0.3) is 10.9 Å². The molecule has 8 heteroatoms. The normalized spacial score (nSPS) is 10.4. The summed E-state index contributed by atoms with van der Waals surface area (Å²) in [5, 5.41) is 3.32. The van der Waals surface area contributed by atoms with E-state index in [1.54, 1.807) is 24.3 Å². The fourth-order valence-corrected chi connectivity index (χ4v) is 2.68. The van der Waals surface area contributed by atoms with Crippen molar-refractivity contribution in [3.8, 4) is 5.88 Å². The summed E-state index contributed by atoms with van der Waals surface area (Å²) in [6.45, 7) is -0.270. The minimum absolute atomic E-state index is 0.264. The standard InChI is InChI=1S/C18H14BrN3O4/c1-25-18(24)12-4-2-3-5-15(12)22-16(23)9-26-17-13-8-11(19)6-7-14(13)20-10-21-17/h2-8,10H,9H2,1H3,(H,22,23). The highest BCUT2D eigenvalue weighted by Gasteiger charge is 2.14. The van der Waals surface area contributed by atoms with Gasteiger partial charge < -0.3 is 14.8 Å². The molecule has 7 nitrogen and oxygen atoms in total. The highest BCUT2D eigenvalue weighted by Crippen LogP contribution is 2.25. The predicted octanol–water partition coefficient (Wildman–Crippen LogP) is 3.20. The zero-order valence-electron chi connectivity index (χ0n) is 13.7. The number of nitrogens with one attached hydrogen (secondary N) is 1. The smallest absolute Gasteiger partial charge is 0.339 e. The molecule has 0 atom stereocenters. The van der Waals surface area contributed by atoms with Gasteiger partial charge in [0.25, 0.3) is 5.91 Å². The Hall–Kier alpha value is -3.00. The number of carbonyl (C=O) groups excluding carboxylic acids is 2. The molecule has 3 rings (SSSR count). The van der Waals surface area contributed by atoms with Crippen LogP contribution in [-0.2, 0) is 9.53 Å². The van der Waals surface area contributed by atoms with E-state index in [9.17, 15) is 9.59 Å². The molecular formula is C18H14BrN3O4. The number of anilines is 1. The summed E-state index contributed by atoms with van der Waals surface area (Å²) < 4.78 is 11.1. The highest BCUT2D eigenvalue weighted by molar-refractivity contribution is 9.10. The van der Waals surface area contributed by atoms with Gasteiger partial charge >= 0.3 is 5.97 Å². The first-order valence-electron chi connectivity index (χ1n) is 7.58. The molecule has 0 radical (unpaired) electrons. The molecule has 0 bridgehead atoms. The van der Waals surface area contributed by atoms with Crippen molar-refractivity contribution in [2.24, 2.45) is 0 Å². The lowest BCUT2D eigenvalue weighted by molar-refractivity contribution is -0.118. The monoisotopic (exact) mass is 415 g/mol. The molecule has 0 unspecified atom stereocenters. The molecule has 132 valence electrons. The number of hydrogen-bond acceptors (Lipinski definition) is 6. The van der Waals surface area contributed by atoms with Gasteiger partial charge in [0.15, 0.2) is 6.61 Å². The van der Waals surface area contributed by atoms with Gasteiger partial charge in [-0.3, -0.25) is 4.79 Å². The first-order valence-corrected chi connectivity index (χ1v) is 8.38. The number of aromatic nitrogens is 2. The zero-order chi connectivity index (χ0) is 18.5. The highest BCUT2D eigenvalue weighted by atomic mass is 79.9. The Kier molecular flexibility index (Phi) is 5.43. The van der Waals surface area contributed by atoms with Crippen molar-refractivity contribution in [3.05, 3.63) is 58.8 Å². The Morgan fingerprint density at radius 3 is 2.77 bits per heavy atom. The molecule has 0 aliphatic carbocycles. The summed E-state index contributed by atoms with van der Waals surface area (Å²) in [5.41, 5.74) is 1.32. The number of amides is 1. The molecule has 1 heterocycles. The van der Waals surface area contributed by atoms with Gasteiger partial charge in [-0.05, 0) is 30.3 Å². The Bertz CT molecular complexity index is 978. The largest absolute Gasteiger partial charge is 0.467 e. The quantitative estimate of drug-likeness (QED) is 0.643. The van der Waals surface area contributed by atoms with Crippen molar-refractivity contribution >= 4 is 44.4 Å². The van der Waals surface area contributed by atoms with Crippen LogP contribution in [0.5, 0.6) is 5.88 Å². The topological polar surface area (TPSA) is 90.4 Å². The van der Waals surface area contributed by atoms with Crippen molar-refractivity contribution in [3.63, 3.8) is 0 Å². The lowest BCUT2D eigenvalue weighted by atomic mass is 10.2. The number of para-hydroxylation sites is 1. The van der Waals surface area contributed by atoms with Crippen LogP contribution in [0.4, 0.5) is 5.69 Å². The molecule has 3 aromatic rings. The Labute approximate surface area is 157 Å². The number of nitrogens with zero attached hydrogens (tertiary/aromatic N) is 2. The van der Waals surface area contributed by atoms with Gasteiger partial charge in [-0.2, -0.15) is 0 Å². The third-order valence-electron chi connectivity index (χ3n) is 3.51. The third-order valence-corrected chi connectivity index (χ3v) is 4.00. The van der Waals surface area contributed by atoms with E-state index in [1.807, 2.05) is 18.2 Å². The van der Waals surface area contributed by atoms with E-state index in [0.29, 0.717) is 22.5 Å². The number of hydrogen-bond donors (Lipinski definition) is 1. The average Bonchev–Trinajstić information content (AvgIpc) is 2.66. The molecule has 0 aliphatic rings. The third kappa shape index (κ3) is 3.97. The van der Waals surface area contributed by atoms with E-state index in [-0.39, 0.29) is 12.2 Å². The maximum absolute atomic E-state index is 12.2. The Balaban J connectivity index is 1.73. The summed E-state index contributed by atoms with van der Waals surface area (Å²) >= 11 is 3.38. The molecule has 2 aromatic carbocycles. The van der Waals surface area contributed by atoms with E-state index in [1.165, 1.54) is 13.4 Å². The molecule has 1 aromatic heterocycles. The van der Waals surface area contributed by atoms with Gasteiger partial charge in [0, 0.05) is 4.47 Å². The molecule has 1 amide bonds. The lowest BCUT2D eigenvalue weighted by Crippen LogP contribution is -2.22.